The molecule has 116 valence electrons. The molecule has 2 N–H and O–H groups in total. The maximum Gasteiger partial charge on any atom is 0.322 e. The van der Waals surface area contributed by atoms with E-state index in [4.69, 9.17) is 16.3 Å². The summed E-state index contributed by atoms with van der Waals surface area (Å²) in [5, 5.41) is 5.02. The van der Waals surface area contributed by atoms with Crippen LogP contribution in [0.5, 0.6) is 5.75 Å². The number of halogens is 1. The largest absolute Gasteiger partial charge is 0.485 e. The number of para-hydroxylation sites is 1. The van der Waals surface area contributed by atoms with E-state index in [1.807, 2.05) is 12.1 Å². The van der Waals surface area contributed by atoms with Gasteiger partial charge in [-0.25, -0.2) is 4.79 Å². The van der Waals surface area contributed by atoms with Crippen LogP contribution in [0.15, 0.2) is 24.3 Å². The van der Waals surface area contributed by atoms with Crippen LogP contribution in [0.1, 0.15) is 6.42 Å². The van der Waals surface area contributed by atoms with Gasteiger partial charge in [-0.1, -0.05) is 23.7 Å². The average molecular weight is 324 g/mol. The predicted molar refractivity (Wildman–Crippen MR) is 77.5 cm³/mol. The van der Waals surface area contributed by atoms with Crippen molar-refractivity contribution in [1.82, 2.24) is 15.5 Å². The van der Waals surface area contributed by atoms with Crippen LogP contribution in [0.2, 0.25) is 5.02 Å². The van der Waals surface area contributed by atoms with Crippen molar-refractivity contribution in [2.45, 2.75) is 18.6 Å². The second-order valence-corrected chi connectivity index (χ2v) is 5.60. The van der Waals surface area contributed by atoms with Crippen LogP contribution in [0.4, 0.5) is 4.79 Å². The van der Waals surface area contributed by atoms with E-state index in [2.05, 4.69) is 10.6 Å². The Morgan fingerprint density at radius 2 is 2.05 bits per heavy atom. The summed E-state index contributed by atoms with van der Waals surface area (Å²) in [4.78, 5) is 36.0. The first-order chi connectivity index (χ1) is 10.5. The lowest BCUT2D eigenvalue weighted by Crippen LogP contribution is -2.57. The van der Waals surface area contributed by atoms with Crippen molar-refractivity contribution in [3.8, 4) is 5.75 Å². The lowest BCUT2D eigenvalue weighted by molar-refractivity contribution is -0.141. The second-order valence-electron chi connectivity index (χ2n) is 5.19. The highest BCUT2D eigenvalue weighted by Crippen LogP contribution is 2.26. The van der Waals surface area contributed by atoms with Crippen LogP contribution in [0.3, 0.4) is 0 Å². The van der Waals surface area contributed by atoms with Gasteiger partial charge < -0.3 is 15.0 Å². The Hall–Kier alpha value is -2.28. The molecular formula is C14H14ClN3O4. The van der Waals surface area contributed by atoms with Gasteiger partial charge in [0.25, 0.3) is 5.91 Å². The van der Waals surface area contributed by atoms with Crippen molar-refractivity contribution in [1.29, 1.82) is 0 Å². The van der Waals surface area contributed by atoms with E-state index in [0.29, 0.717) is 23.9 Å². The van der Waals surface area contributed by atoms with Crippen molar-refractivity contribution in [3.63, 3.8) is 0 Å². The zero-order chi connectivity index (χ0) is 15.7. The Morgan fingerprint density at radius 3 is 2.68 bits per heavy atom. The Labute approximate surface area is 131 Å². The quantitative estimate of drug-likeness (QED) is 0.791. The van der Waals surface area contributed by atoms with Crippen molar-refractivity contribution >= 4 is 29.4 Å². The van der Waals surface area contributed by atoms with Gasteiger partial charge in [-0.2, -0.15) is 0 Å². The van der Waals surface area contributed by atoms with E-state index in [0.717, 1.165) is 0 Å². The van der Waals surface area contributed by atoms with Crippen LogP contribution in [-0.2, 0) is 9.59 Å². The molecule has 2 heterocycles. The monoisotopic (exact) mass is 323 g/mol. The fourth-order valence-electron chi connectivity index (χ4n) is 2.34. The molecule has 2 aliphatic rings. The highest BCUT2D eigenvalue weighted by Gasteiger charge is 2.37. The molecule has 4 amide bonds. The van der Waals surface area contributed by atoms with E-state index in [1.54, 1.807) is 17.0 Å². The number of carbonyl (C=O) groups is 3. The van der Waals surface area contributed by atoms with Gasteiger partial charge in [-0.05, 0) is 12.1 Å². The van der Waals surface area contributed by atoms with Gasteiger partial charge in [-0.3, -0.25) is 14.9 Å². The first kappa shape index (κ1) is 14.6. The summed E-state index contributed by atoms with van der Waals surface area (Å²) in [6.07, 6.45) is -0.160. The summed E-state index contributed by atoms with van der Waals surface area (Å²) in [5.41, 5.74) is 0. The van der Waals surface area contributed by atoms with Crippen LogP contribution in [-0.4, -0.2) is 48.0 Å². The van der Waals surface area contributed by atoms with Gasteiger partial charge in [0.05, 0.1) is 24.5 Å². The lowest BCUT2D eigenvalue weighted by atomic mass is 10.1. The van der Waals surface area contributed by atoms with E-state index in [-0.39, 0.29) is 18.4 Å². The maximum atomic E-state index is 12.0. The fourth-order valence-corrected chi connectivity index (χ4v) is 2.52. The molecule has 0 spiro atoms. The highest BCUT2D eigenvalue weighted by atomic mass is 35.5. The number of nitrogens with zero attached hydrogens (tertiary/aromatic N) is 1. The van der Waals surface area contributed by atoms with E-state index >= 15 is 0 Å². The minimum absolute atomic E-state index is 0.0453. The molecule has 0 bridgehead atoms. The summed E-state index contributed by atoms with van der Waals surface area (Å²) in [5.74, 6) is -0.0761. The molecule has 7 nitrogen and oxygen atoms in total. The van der Waals surface area contributed by atoms with Crippen LogP contribution >= 0.6 is 11.6 Å². The van der Waals surface area contributed by atoms with Crippen molar-refractivity contribution < 1.29 is 19.1 Å². The summed E-state index contributed by atoms with van der Waals surface area (Å²) < 4.78 is 5.69. The Bertz CT molecular complexity index is 630. The van der Waals surface area contributed by atoms with Crippen LogP contribution in [0, 0.1) is 0 Å². The van der Waals surface area contributed by atoms with Gasteiger partial charge in [0.15, 0.2) is 0 Å². The predicted octanol–water partition coefficient (Wildman–Crippen LogP) is 0.528. The SMILES string of the molecule is O=C1NC(=O)[C@H](CC(=O)N2CC(Oc3ccccc3Cl)C2)N1. The van der Waals surface area contributed by atoms with Crippen LogP contribution in [0.25, 0.3) is 0 Å². The number of ether oxygens (including phenoxy) is 1. The third-order valence-electron chi connectivity index (χ3n) is 3.57. The molecule has 1 atom stereocenters. The molecule has 0 unspecified atom stereocenters. The van der Waals surface area contributed by atoms with Gasteiger partial charge in [0.2, 0.25) is 5.91 Å². The number of amides is 4. The number of urea groups is 1. The Balaban J connectivity index is 1.47. The standard InChI is InChI=1S/C14H14ClN3O4/c15-9-3-1-2-4-11(9)22-8-6-18(7-8)12(19)5-10-13(20)17-14(21)16-10/h1-4,8,10H,5-7H2,(H2,16,17,20,21)/t10-/m0/s1. The number of hydrogen-bond donors (Lipinski definition) is 2. The maximum absolute atomic E-state index is 12.0. The second kappa shape index (κ2) is 5.84. The first-order valence-electron chi connectivity index (χ1n) is 6.83. The van der Waals surface area contributed by atoms with Crippen molar-refractivity contribution in [3.05, 3.63) is 29.3 Å². The number of carbonyl (C=O) groups excluding carboxylic acids is 3. The molecule has 1 aromatic rings. The molecule has 0 radical (unpaired) electrons. The van der Waals surface area contributed by atoms with E-state index in [1.165, 1.54) is 0 Å². The fraction of sp³-hybridized carbons (Fsp3) is 0.357. The summed E-state index contributed by atoms with van der Waals surface area (Å²) in [6, 6.07) is 5.79. The number of imide groups is 1. The van der Waals surface area contributed by atoms with E-state index < -0.39 is 18.0 Å². The van der Waals surface area contributed by atoms with Gasteiger partial charge in [-0.15, -0.1) is 0 Å². The zero-order valence-electron chi connectivity index (χ0n) is 11.5. The molecular weight excluding hydrogens is 310 g/mol. The highest BCUT2D eigenvalue weighted by molar-refractivity contribution is 6.32. The normalized spacial score (nSPS) is 21.1. The number of nitrogens with one attached hydrogen (secondary N) is 2. The zero-order valence-corrected chi connectivity index (χ0v) is 12.3. The molecule has 8 heteroatoms. The molecule has 2 aliphatic heterocycles. The van der Waals surface area contributed by atoms with Gasteiger partial charge >= 0.3 is 6.03 Å². The molecule has 1 aromatic carbocycles. The first-order valence-corrected chi connectivity index (χ1v) is 7.21. The van der Waals surface area contributed by atoms with Gasteiger partial charge in [0, 0.05) is 0 Å². The van der Waals surface area contributed by atoms with E-state index in [9.17, 15) is 14.4 Å². The number of likely N-dealkylation sites (tertiary alicyclic amines) is 1. The molecule has 0 aromatic heterocycles. The van der Waals surface area contributed by atoms with Crippen molar-refractivity contribution in [2.24, 2.45) is 0 Å². The molecule has 2 fully saturated rings. The molecule has 2 saturated heterocycles. The van der Waals surface area contributed by atoms with Crippen LogP contribution < -0.4 is 15.4 Å². The third-order valence-corrected chi connectivity index (χ3v) is 3.88. The number of benzene rings is 1. The number of rotatable bonds is 4. The summed E-state index contributed by atoms with van der Waals surface area (Å²) in [6.45, 7) is 0.874. The molecule has 0 saturated carbocycles. The Morgan fingerprint density at radius 1 is 1.32 bits per heavy atom. The molecule has 3 rings (SSSR count). The van der Waals surface area contributed by atoms with Crippen molar-refractivity contribution in [2.75, 3.05) is 13.1 Å². The average Bonchev–Trinajstić information content (AvgIpc) is 2.73. The summed E-state index contributed by atoms with van der Waals surface area (Å²) in [7, 11) is 0. The minimum atomic E-state index is -0.788. The smallest absolute Gasteiger partial charge is 0.322 e. The molecule has 0 aliphatic carbocycles. The minimum Gasteiger partial charge on any atom is -0.485 e. The number of hydrogen-bond acceptors (Lipinski definition) is 4. The lowest BCUT2D eigenvalue weighted by Gasteiger charge is -2.39. The van der Waals surface area contributed by atoms with Gasteiger partial charge in [0.1, 0.15) is 17.9 Å². The topological polar surface area (TPSA) is 87.7 Å². The summed E-state index contributed by atoms with van der Waals surface area (Å²) >= 11 is 6.00. The third kappa shape index (κ3) is 2.99. The molecule has 22 heavy (non-hydrogen) atoms. The Kier molecular flexibility index (Phi) is 3.89.